The van der Waals surface area contributed by atoms with Crippen LogP contribution >= 0.6 is 0 Å². The number of aromatic nitrogens is 4. The smallest absolute Gasteiger partial charge is 0.137 e. The van der Waals surface area contributed by atoms with Crippen molar-refractivity contribution in [3.05, 3.63) is 72.6 Å². The van der Waals surface area contributed by atoms with Crippen molar-refractivity contribution in [1.29, 1.82) is 0 Å². The minimum atomic E-state index is 0.189. The molecule has 0 fully saturated rings. The van der Waals surface area contributed by atoms with Crippen molar-refractivity contribution in [3.8, 4) is 22.8 Å². The van der Waals surface area contributed by atoms with E-state index in [0.717, 1.165) is 34.4 Å². The van der Waals surface area contributed by atoms with Gasteiger partial charge in [-0.05, 0) is 48.4 Å². The fraction of sp³-hybridized carbons (Fsp3) is 0.208. The molecule has 0 unspecified atom stereocenters. The zero-order chi connectivity index (χ0) is 20.8. The molecule has 0 atom stereocenters. The molecule has 4 aromatic rings. The summed E-state index contributed by atoms with van der Waals surface area (Å²) in [4.78, 5) is 30.9. The second-order valence-corrected chi connectivity index (χ2v) is 6.99. The molecule has 0 aliphatic carbocycles. The lowest BCUT2D eigenvalue weighted by molar-refractivity contribution is -0.118. The van der Waals surface area contributed by atoms with Crippen molar-refractivity contribution < 1.29 is 9.53 Å². The fourth-order valence-electron chi connectivity index (χ4n) is 3.30. The Kier molecular flexibility index (Phi) is 6.15. The number of carbonyl (C=O) groups excluding carboxylic acids is 1. The highest BCUT2D eigenvalue weighted by Gasteiger charge is 2.15. The fourth-order valence-corrected chi connectivity index (χ4v) is 3.30. The van der Waals surface area contributed by atoms with Crippen molar-refractivity contribution in [3.63, 3.8) is 0 Å². The predicted octanol–water partition coefficient (Wildman–Crippen LogP) is 4.29. The van der Waals surface area contributed by atoms with E-state index in [1.54, 1.807) is 19.5 Å². The number of pyridine rings is 2. The zero-order valence-corrected chi connectivity index (χ0v) is 16.8. The van der Waals surface area contributed by atoms with E-state index in [4.69, 9.17) is 14.7 Å². The third-order valence-corrected chi connectivity index (χ3v) is 4.75. The lowest BCUT2D eigenvalue weighted by Crippen LogP contribution is -2.05. The maximum absolute atomic E-state index is 12.2. The van der Waals surface area contributed by atoms with Crippen LogP contribution in [0, 0.1) is 0 Å². The summed E-state index contributed by atoms with van der Waals surface area (Å²) in [6.07, 6.45) is 5.10. The minimum Gasteiger partial charge on any atom is -0.385 e. The van der Waals surface area contributed by atoms with Crippen LogP contribution in [0.1, 0.15) is 18.4 Å². The van der Waals surface area contributed by atoms with E-state index >= 15 is 0 Å². The summed E-state index contributed by atoms with van der Waals surface area (Å²) in [6, 6.07) is 17.2. The highest BCUT2D eigenvalue weighted by Crippen LogP contribution is 2.29. The third kappa shape index (κ3) is 4.55. The SMILES string of the molecule is COCCCC(=O)Cc1ccc2nc(-c3ccccn3)c(-c3ccccn3)nc2c1. The van der Waals surface area contributed by atoms with Crippen molar-refractivity contribution in [2.45, 2.75) is 19.3 Å². The van der Waals surface area contributed by atoms with E-state index in [0.29, 0.717) is 30.8 Å². The first-order chi connectivity index (χ1) is 14.7. The molecule has 0 saturated heterocycles. The van der Waals surface area contributed by atoms with Crippen LogP contribution in [0.5, 0.6) is 0 Å². The molecular formula is C24H22N4O2. The molecule has 4 rings (SSSR count). The summed E-state index contributed by atoms with van der Waals surface area (Å²) in [5, 5.41) is 0. The molecule has 6 nitrogen and oxygen atoms in total. The number of rotatable bonds is 8. The van der Waals surface area contributed by atoms with Gasteiger partial charge >= 0.3 is 0 Å². The van der Waals surface area contributed by atoms with Gasteiger partial charge in [0, 0.05) is 39.0 Å². The number of hydrogen-bond acceptors (Lipinski definition) is 6. The number of nitrogens with zero attached hydrogens (tertiary/aromatic N) is 4. The Labute approximate surface area is 175 Å². The van der Waals surface area contributed by atoms with Crippen molar-refractivity contribution in [2.24, 2.45) is 0 Å². The molecule has 0 radical (unpaired) electrons. The molecule has 0 N–H and O–H groups in total. The number of methoxy groups -OCH3 is 1. The average Bonchev–Trinajstić information content (AvgIpc) is 2.79. The topological polar surface area (TPSA) is 77.9 Å². The third-order valence-electron chi connectivity index (χ3n) is 4.75. The van der Waals surface area contributed by atoms with E-state index in [1.807, 2.05) is 54.6 Å². The Morgan fingerprint density at radius 1 is 0.867 bits per heavy atom. The number of Topliss-reactive ketones (excluding diaryl/α,β-unsaturated/α-hetero) is 1. The number of carbonyl (C=O) groups is 1. The molecule has 30 heavy (non-hydrogen) atoms. The van der Waals surface area contributed by atoms with E-state index in [9.17, 15) is 4.79 Å². The van der Waals surface area contributed by atoms with E-state index in [1.165, 1.54) is 0 Å². The van der Waals surface area contributed by atoms with E-state index in [2.05, 4.69) is 9.97 Å². The molecule has 3 aromatic heterocycles. The van der Waals surface area contributed by atoms with Crippen LogP contribution in [0.25, 0.3) is 33.8 Å². The second kappa shape index (κ2) is 9.33. The van der Waals surface area contributed by atoms with Crippen LogP contribution in [-0.4, -0.2) is 39.4 Å². The number of ether oxygens (including phenoxy) is 1. The Hall–Kier alpha value is -3.51. The summed E-state index contributed by atoms with van der Waals surface area (Å²) in [6.45, 7) is 0.596. The average molecular weight is 398 g/mol. The zero-order valence-electron chi connectivity index (χ0n) is 16.8. The molecule has 6 heteroatoms. The maximum atomic E-state index is 12.2. The van der Waals surface area contributed by atoms with Gasteiger partial charge in [0.2, 0.25) is 0 Å². The van der Waals surface area contributed by atoms with Crippen LogP contribution < -0.4 is 0 Å². The van der Waals surface area contributed by atoms with Gasteiger partial charge in [0.1, 0.15) is 17.2 Å². The van der Waals surface area contributed by atoms with Crippen LogP contribution in [0.4, 0.5) is 0 Å². The summed E-state index contributed by atoms with van der Waals surface area (Å²) < 4.78 is 5.02. The van der Waals surface area contributed by atoms with E-state index < -0.39 is 0 Å². The number of hydrogen-bond donors (Lipinski definition) is 0. The van der Waals surface area contributed by atoms with Gasteiger partial charge in [0.25, 0.3) is 0 Å². The Morgan fingerprint density at radius 3 is 2.13 bits per heavy atom. The first-order valence-electron chi connectivity index (χ1n) is 9.89. The standard InChI is InChI=1S/C24H22N4O2/c1-30-14-6-7-18(29)15-17-10-11-19-22(16-17)28-24(21-9-3-5-13-26-21)23(27-19)20-8-2-4-12-25-20/h2-5,8-13,16H,6-7,14-15H2,1H3. The Balaban J connectivity index is 1.73. The van der Waals surface area contributed by atoms with Crippen LogP contribution in [0.2, 0.25) is 0 Å². The van der Waals surface area contributed by atoms with Crippen LogP contribution in [-0.2, 0) is 16.0 Å². The van der Waals surface area contributed by atoms with Crippen molar-refractivity contribution in [1.82, 2.24) is 19.9 Å². The molecule has 3 heterocycles. The predicted molar refractivity (Wildman–Crippen MR) is 116 cm³/mol. The van der Waals surface area contributed by atoms with Crippen molar-refractivity contribution >= 4 is 16.8 Å². The highest BCUT2D eigenvalue weighted by molar-refractivity contribution is 5.86. The van der Waals surface area contributed by atoms with Crippen LogP contribution in [0.15, 0.2) is 67.0 Å². The summed E-state index contributed by atoms with van der Waals surface area (Å²) in [7, 11) is 1.64. The molecule has 1 aromatic carbocycles. The summed E-state index contributed by atoms with van der Waals surface area (Å²) in [5.74, 6) is 0.189. The quantitative estimate of drug-likeness (QED) is 0.412. The molecule has 0 spiro atoms. The van der Waals surface area contributed by atoms with E-state index in [-0.39, 0.29) is 5.78 Å². The lowest BCUT2D eigenvalue weighted by atomic mass is 10.0. The van der Waals surface area contributed by atoms with Gasteiger partial charge in [-0.25, -0.2) is 9.97 Å². The summed E-state index contributed by atoms with van der Waals surface area (Å²) >= 11 is 0. The van der Waals surface area contributed by atoms with Crippen molar-refractivity contribution in [2.75, 3.05) is 13.7 Å². The largest absolute Gasteiger partial charge is 0.385 e. The van der Waals surface area contributed by atoms with Gasteiger partial charge in [-0.15, -0.1) is 0 Å². The molecule has 0 bridgehead atoms. The monoisotopic (exact) mass is 398 g/mol. The highest BCUT2D eigenvalue weighted by atomic mass is 16.5. The first-order valence-corrected chi connectivity index (χ1v) is 9.89. The second-order valence-electron chi connectivity index (χ2n) is 6.99. The van der Waals surface area contributed by atoms with Gasteiger partial charge < -0.3 is 4.74 Å². The van der Waals surface area contributed by atoms with Crippen LogP contribution in [0.3, 0.4) is 0 Å². The van der Waals surface area contributed by atoms with Gasteiger partial charge in [0.05, 0.1) is 22.4 Å². The summed E-state index contributed by atoms with van der Waals surface area (Å²) in [5.41, 5.74) is 5.24. The first kappa shape index (κ1) is 19.8. The minimum absolute atomic E-state index is 0.189. The Morgan fingerprint density at radius 2 is 1.53 bits per heavy atom. The number of ketones is 1. The molecule has 0 aliphatic rings. The van der Waals surface area contributed by atoms with Gasteiger partial charge in [-0.1, -0.05) is 18.2 Å². The number of benzene rings is 1. The lowest BCUT2D eigenvalue weighted by Gasteiger charge is -2.10. The molecule has 150 valence electrons. The Bertz CT molecular complexity index is 1150. The maximum Gasteiger partial charge on any atom is 0.137 e. The molecule has 0 saturated carbocycles. The number of fused-ring (bicyclic) bond motifs is 1. The molecule has 0 amide bonds. The molecule has 0 aliphatic heterocycles. The van der Waals surface area contributed by atoms with Gasteiger partial charge in [-0.3, -0.25) is 14.8 Å². The van der Waals surface area contributed by atoms with Gasteiger partial charge in [-0.2, -0.15) is 0 Å². The normalized spacial score (nSPS) is 11.0. The van der Waals surface area contributed by atoms with Gasteiger partial charge in [0.15, 0.2) is 0 Å². The molecular weight excluding hydrogens is 376 g/mol.